The van der Waals surface area contributed by atoms with Crippen LogP contribution in [0, 0.1) is 13.8 Å². The predicted molar refractivity (Wildman–Crippen MR) is 138 cm³/mol. The van der Waals surface area contributed by atoms with Gasteiger partial charge >= 0.3 is 0 Å². The number of rotatable bonds is 6. The number of carbonyl (C=O) groups is 2. The molecule has 1 saturated heterocycles. The predicted octanol–water partition coefficient (Wildman–Crippen LogP) is 4.63. The summed E-state index contributed by atoms with van der Waals surface area (Å²) in [7, 11) is 0. The number of carbonyl (C=O) groups excluding carboxylic acids is 2. The highest BCUT2D eigenvalue weighted by Gasteiger charge is 2.25. The Morgan fingerprint density at radius 2 is 1.38 bits per heavy atom. The van der Waals surface area contributed by atoms with E-state index in [0.717, 1.165) is 27.9 Å². The highest BCUT2D eigenvalue weighted by molar-refractivity contribution is 6.24. The standard InChI is InChI=1S/C29H31N3O2/c1-22-10-9-11-23(2)28(22)30-27(33)21-31-16-18-32(19-17-31)29(34)26(25-14-7-4-8-15-25)20-24-12-5-3-6-13-24/h3-15,20H,16-19,21H2,1-2H3,(H,30,33)/b26-20+. The number of hydrogen-bond donors (Lipinski definition) is 1. The van der Waals surface area contributed by atoms with Crippen molar-refractivity contribution in [3.05, 3.63) is 101 Å². The van der Waals surface area contributed by atoms with Gasteiger partial charge in [-0.1, -0.05) is 78.9 Å². The minimum Gasteiger partial charge on any atom is -0.336 e. The first kappa shape index (κ1) is 23.5. The quantitative estimate of drug-likeness (QED) is 0.437. The van der Waals surface area contributed by atoms with E-state index >= 15 is 0 Å². The van der Waals surface area contributed by atoms with Crippen LogP contribution in [0.3, 0.4) is 0 Å². The summed E-state index contributed by atoms with van der Waals surface area (Å²) < 4.78 is 0. The van der Waals surface area contributed by atoms with Crippen molar-refractivity contribution in [3.8, 4) is 0 Å². The normalized spacial score (nSPS) is 14.6. The lowest BCUT2D eigenvalue weighted by Gasteiger charge is -2.35. The maximum atomic E-state index is 13.5. The van der Waals surface area contributed by atoms with Gasteiger partial charge in [0.05, 0.1) is 6.54 Å². The van der Waals surface area contributed by atoms with Gasteiger partial charge in [-0.3, -0.25) is 14.5 Å². The number of para-hydroxylation sites is 1. The Balaban J connectivity index is 1.40. The van der Waals surface area contributed by atoms with Gasteiger partial charge in [-0.15, -0.1) is 0 Å². The van der Waals surface area contributed by atoms with E-state index in [0.29, 0.717) is 38.3 Å². The molecule has 1 aliphatic rings. The van der Waals surface area contributed by atoms with Gasteiger partial charge in [0.25, 0.3) is 5.91 Å². The van der Waals surface area contributed by atoms with Gasteiger partial charge in [-0.05, 0) is 42.2 Å². The van der Waals surface area contributed by atoms with E-state index in [1.54, 1.807) is 0 Å². The highest BCUT2D eigenvalue weighted by Crippen LogP contribution is 2.22. The lowest BCUT2D eigenvalue weighted by atomic mass is 10.0. The van der Waals surface area contributed by atoms with Crippen molar-refractivity contribution in [1.29, 1.82) is 0 Å². The average Bonchev–Trinajstić information content (AvgIpc) is 2.86. The molecule has 2 amide bonds. The first-order valence-electron chi connectivity index (χ1n) is 11.7. The van der Waals surface area contributed by atoms with Crippen LogP contribution in [0.1, 0.15) is 22.3 Å². The summed E-state index contributed by atoms with van der Waals surface area (Å²) in [6.07, 6.45) is 1.96. The summed E-state index contributed by atoms with van der Waals surface area (Å²) in [5.74, 6) is 0.000754. The van der Waals surface area contributed by atoms with Crippen molar-refractivity contribution in [2.45, 2.75) is 13.8 Å². The zero-order valence-electron chi connectivity index (χ0n) is 19.8. The topological polar surface area (TPSA) is 52.7 Å². The average molecular weight is 454 g/mol. The summed E-state index contributed by atoms with van der Waals surface area (Å²) in [6.45, 7) is 6.84. The third kappa shape index (κ3) is 5.80. The Kier molecular flexibility index (Phi) is 7.55. The fourth-order valence-corrected chi connectivity index (χ4v) is 4.28. The number of nitrogens with zero attached hydrogens (tertiary/aromatic N) is 2. The number of hydrogen-bond acceptors (Lipinski definition) is 3. The minimum absolute atomic E-state index is 0.0221. The van der Waals surface area contributed by atoms with Gasteiger partial charge in [0, 0.05) is 37.4 Å². The molecule has 1 fully saturated rings. The molecule has 0 radical (unpaired) electrons. The van der Waals surface area contributed by atoms with E-state index in [1.807, 2.05) is 104 Å². The van der Waals surface area contributed by atoms with Crippen LogP contribution in [0.4, 0.5) is 5.69 Å². The van der Waals surface area contributed by atoms with Crippen molar-refractivity contribution < 1.29 is 9.59 Å². The van der Waals surface area contributed by atoms with Crippen LogP contribution in [0.5, 0.6) is 0 Å². The van der Waals surface area contributed by atoms with Crippen molar-refractivity contribution in [3.63, 3.8) is 0 Å². The van der Waals surface area contributed by atoms with Crippen LogP contribution < -0.4 is 5.32 Å². The summed E-state index contributed by atoms with van der Waals surface area (Å²) in [6, 6.07) is 25.7. The van der Waals surface area contributed by atoms with Gasteiger partial charge in [-0.2, -0.15) is 0 Å². The molecule has 3 aromatic carbocycles. The Bertz CT molecular complexity index is 1140. The molecule has 0 bridgehead atoms. The molecule has 4 rings (SSSR count). The fourth-order valence-electron chi connectivity index (χ4n) is 4.28. The van der Waals surface area contributed by atoms with Crippen molar-refractivity contribution in [1.82, 2.24) is 9.80 Å². The molecule has 5 nitrogen and oxygen atoms in total. The van der Waals surface area contributed by atoms with Crippen molar-refractivity contribution in [2.24, 2.45) is 0 Å². The summed E-state index contributed by atoms with van der Waals surface area (Å²) in [4.78, 5) is 30.2. The van der Waals surface area contributed by atoms with E-state index in [9.17, 15) is 9.59 Å². The van der Waals surface area contributed by atoms with E-state index in [2.05, 4.69) is 10.2 Å². The van der Waals surface area contributed by atoms with Crippen molar-refractivity contribution in [2.75, 3.05) is 38.0 Å². The highest BCUT2D eigenvalue weighted by atomic mass is 16.2. The van der Waals surface area contributed by atoms with Crippen LogP contribution in [-0.2, 0) is 9.59 Å². The lowest BCUT2D eigenvalue weighted by Crippen LogP contribution is -2.50. The number of nitrogens with one attached hydrogen (secondary N) is 1. The second kappa shape index (κ2) is 10.9. The van der Waals surface area contributed by atoms with Crippen LogP contribution >= 0.6 is 0 Å². The number of piperazine rings is 1. The number of amides is 2. The summed E-state index contributed by atoms with van der Waals surface area (Å²) >= 11 is 0. The Hall–Kier alpha value is -3.70. The molecule has 1 aliphatic heterocycles. The van der Waals surface area contributed by atoms with Gasteiger partial charge < -0.3 is 10.2 Å². The monoisotopic (exact) mass is 453 g/mol. The minimum atomic E-state index is -0.0221. The molecule has 0 aliphatic carbocycles. The maximum absolute atomic E-state index is 13.5. The molecule has 0 atom stereocenters. The molecule has 0 aromatic heterocycles. The van der Waals surface area contributed by atoms with Gasteiger partial charge in [-0.25, -0.2) is 0 Å². The summed E-state index contributed by atoms with van der Waals surface area (Å²) in [5.41, 5.74) is 5.60. The number of anilines is 1. The molecule has 34 heavy (non-hydrogen) atoms. The first-order valence-corrected chi connectivity index (χ1v) is 11.7. The largest absolute Gasteiger partial charge is 0.336 e. The third-order valence-corrected chi connectivity index (χ3v) is 6.20. The van der Waals surface area contributed by atoms with E-state index in [1.165, 1.54) is 0 Å². The zero-order chi connectivity index (χ0) is 23.9. The van der Waals surface area contributed by atoms with Gasteiger partial charge in [0.1, 0.15) is 0 Å². The molecule has 1 heterocycles. The van der Waals surface area contributed by atoms with E-state index < -0.39 is 0 Å². The Morgan fingerprint density at radius 3 is 2.00 bits per heavy atom. The molecular weight excluding hydrogens is 422 g/mol. The molecule has 5 heteroatoms. The van der Waals surface area contributed by atoms with Gasteiger partial charge in [0.2, 0.25) is 5.91 Å². The maximum Gasteiger partial charge on any atom is 0.254 e. The number of benzene rings is 3. The Labute approximate surface area is 201 Å². The molecular formula is C29H31N3O2. The second-order valence-electron chi connectivity index (χ2n) is 8.72. The smallest absolute Gasteiger partial charge is 0.254 e. The van der Waals surface area contributed by atoms with Crippen LogP contribution in [0.15, 0.2) is 78.9 Å². The summed E-state index contributed by atoms with van der Waals surface area (Å²) in [5, 5.41) is 3.06. The number of aryl methyl sites for hydroxylation is 2. The molecule has 0 spiro atoms. The van der Waals surface area contributed by atoms with Crippen molar-refractivity contribution >= 4 is 29.2 Å². The lowest BCUT2D eigenvalue weighted by molar-refractivity contribution is -0.127. The van der Waals surface area contributed by atoms with Crippen LogP contribution in [-0.4, -0.2) is 54.3 Å². The molecule has 0 saturated carbocycles. The molecule has 0 unspecified atom stereocenters. The van der Waals surface area contributed by atoms with E-state index in [-0.39, 0.29) is 11.8 Å². The Morgan fingerprint density at radius 1 is 0.794 bits per heavy atom. The molecule has 1 N–H and O–H groups in total. The first-order chi connectivity index (χ1) is 16.5. The fraction of sp³-hybridized carbons (Fsp3) is 0.241. The SMILES string of the molecule is Cc1cccc(C)c1NC(=O)CN1CCN(C(=O)/C(=C/c2ccccc2)c2ccccc2)CC1. The second-order valence-corrected chi connectivity index (χ2v) is 8.72. The van der Waals surface area contributed by atoms with Gasteiger partial charge in [0.15, 0.2) is 0 Å². The zero-order valence-corrected chi connectivity index (χ0v) is 19.8. The van der Waals surface area contributed by atoms with E-state index in [4.69, 9.17) is 0 Å². The molecule has 3 aromatic rings. The molecule has 174 valence electrons. The third-order valence-electron chi connectivity index (χ3n) is 6.20. The van der Waals surface area contributed by atoms with Crippen LogP contribution in [0.2, 0.25) is 0 Å². The van der Waals surface area contributed by atoms with Crippen LogP contribution in [0.25, 0.3) is 11.6 Å².